The molecule has 31 heavy (non-hydrogen) atoms. The van der Waals surface area contributed by atoms with Crippen LogP contribution in [0.25, 0.3) is 0 Å². The van der Waals surface area contributed by atoms with Crippen LogP contribution in [0.2, 0.25) is 0 Å². The molecule has 1 aliphatic rings. The summed E-state index contributed by atoms with van der Waals surface area (Å²) in [4.78, 5) is 15.5. The van der Waals surface area contributed by atoms with Crippen LogP contribution in [0.5, 0.6) is 0 Å². The molecule has 0 aliphatic carbocycles. The Hall–Kier alpha value is 0.420. The van der Waals surface area contributed by atoms with Crippen molar-refractivity contribution in [3.8, 4) is 0 Å². The molecule has 0 fully saturated rings. The standard InChI is InChI=1S/C12H15I2NO3.C10H9I2N/c1-17-12(18-2,6-5-11(15)16)9-7-8(13)3-4-10(9)14;11-7-3-4-9(12)8(6-7)10-2-1-5-13-10/h3-4,7H,5-6H2,1-2H3,(H2,15,16);3-4,6H,1-2,5H2. The van der Waals surface area contributed by atoms with Crippen molar-refractivity contribution in [2.45, 2.75) is 31.5 Å². The van der Waals surface area contributed by atoms with Crippen molar-refractivity contribution in [2.75, 3.05) is 20.8 Å². The maximum Gasteiger partial charge on any atom is 0.217 e. The number of benzene rings is 2. The Bertz CT molecular complexity index is 946. The van der Waals surface area contributed by atoms with Crippen molar-refractivity contribution < 1.29 is 14.3 Å². The van der Waals surface area contributed by atoms with E-state index in [1.54, 1.807) is 14.2 Å². The SMILES string of the molecule is COC(CCC(N)=O)(OC)c1cc(I)ccc1I.Ic1ccc(I)c(C2=NCCC2)c1. The summed E-state index contributed by atoms with van der Waals surface area (Å²) >= 11 is 9.19. The molecule has 0 saturated carbocycles. The van der Waals surface area contributed by atoms with Gasteiger partial charge in [0.1, 0.15) is 0 Å². The number of amides is 1. The Morgan fingerprint density at radius 1 is 1.03 bits per heavy atom. The Morgan fingerprint density at radius 3 is 2.19 bits per heavy atom. The average molecular weight is 872 g/mol. The summed E-state index contributed by atoms with van der Waals surface area (Å²) in [5, 5.41) is 0. The highest BCUT2D eigenvalue weighted by Crippen LogP contribution is 2.35. The van der Waals surface area contributed by atoms with Gasteiger partial charge < -0.3 is 15.2 Å². The molecule has 0 atom stereocenters. The van der Waals surface area contributed by atoms with Crippen LogP contribution < -0.4 is 5.73 Å². The van der Waals surface area contributed by atoms with Crippen LogP contribution >= 0.6 is 90.4 Å². The molecule has 2 N–H and O–H groups in total. The predicted octanol–water partition coefficient (Wildman–Crippen LogP) is 6.09. The molecule has 1 heterocycles. The van der Waals surface area contributed by atoms with Crippen LogP contribution in [-0.2, 0) is 20.1 Å². The van der Waals surface area contributed by atoms with E-state index < -0.39 is 5.79 Å². The highest BCUT2D eigenvalue weighted by molar-refractivity contribution is 14.1. The van der Waals surface area contributed by atoms with Crippen molar-refractivity contribution in [1.82, 2.24) is 0 Å². The van der Waals surface area contributed by atoms with E-state index in [9.17, 15) is 4.79 Å². The molecule has 0 unspecified atom stereocenters. The summed E-state index contributed by atoms with van der Waals surface area (Å²) < 4.78 is 15.8. The second-order valence-corrected chi connectivity index (χ2v) is 11.6. The van der Waals surface area contributed by atoms with Crippen molar-refractivity contribution in [1.29, 1.82) is 0 Å². The number of methoxy groups -OCH3 is 2. The summed E-state index contributed by atoms with van der Waals surface area (Å²) in [5.74, 6) is -1.29. The summed E-state index contributed by atoms with van der Waals surface area (Å²) in [6.07, 6.45) is 2.97. The number of nitrogens with zero attached hydrogens (tertiary/aromatic N) is 1. The van der Waals surface area contributed by atoms with E-state index in [4.69, 9.17) is 15.2 Å². The number of carbonyl (C=O) groups is 1. The molecule has 0 saturated heterocycles. The lowest BCUT2D eigenvalue weighted by molar-refractivity contribution is -0.221. The molecule has 2 aromatic carbocycles. The molecule has 0 aromatic heterocycles. The van der Waals surface area contributed by atoms with E-state index in [0.717, 1.165) is 25.7 Å². The maximum absolute atomic E-state index is 11.0. The molecular formula is C22H24I4N2O3. The van der Waals surface area contributed by atoms with Crippen LogP contribution in [0.4, 0.5) is 0 Å². The predicted molar refractivity (Wildman–Crippen MR) is 159 cm³/mol. The Kier molecular flexibility index (Phi) is 11.9. The minimum Gasteiger partial charge on any atom is -0.370 e. The van der Waals surface area contributed by atoms with Gasteiger partial charge in [0, 0.05) is 64.7 Å². The van der Waals surface area contributed by atoms with Gasteiger partial charge in [-0.15, -0.1) is 0 Å². The van der Waals surface area contributed by atoms with Crippen LogP contribution in [0.1, 0.15) is 36.8 Å². The second kappa shape index (κ2) is 13.3. The minimum atomic E-state index is -0.924. The maximum atomic E-state index is 11.0. The third kappa shape index (κ3) is 8.00. The van der Waals surface area contributed by atoms with E-state index in [1.807, 2.05) is 18.2 Å². The number of primary amides is 1. The average Bonchev–Trinajstić information content (AvgIpc) is 3.28. The fourth-order valence-electron chi connectivity index (χ4n) is 3.20. The Labute approximate surface area is 238 Å². The van der Waals surface area contributed by atoms with E-state index >= 15 is 0 Å². The molecule has 1 amide bonds. The van der Waals surface area contributed by atoms with Gasteiger partial charge in [-0.2, -0.15) is 0 Å². The number of carbonyl (C=O) groups excluding carboxylic acids is 1. The number of hydrogen-bond donors (Lipinski definition) is 1. The van der Waals surface area contributed by atoms with Gasteiger partial charge in [0.2, 0.25) is 5.91 Å². The van der Waals surface area contributed by atoms with Gasteiger partial charge in [0.15, 0.2) is 5.79 Å². The molecule has 168 valence electrons. The number of aliphatic imine (C=N–C) groups is 1. The number of halogens is 4. The smallest absolute Gasteiger partial charge is 0.217 e. The van der Waals surface area contributed by atoms with Crippen LogP contribution in [0.3, 0.4) is 0 Å². The molecule has 1 aliphatic heterocycles. The first-order valence-corrected chi connectivity index (χ1v) is 13.9. The summed E-state index contributed by atoms with van der Waals surface area (Å²) in [6, 6.07) is 12.5. The first-order valence-electron chi connectivity index (χ1n) is 9.55. The normalized spacial score (nSPS) is 13.4. The van der Waals surface area contributed by atoms with Crippen LogP contribution in [0.15, 0.2) is 41.4 Å². The van der Waals surface area contributed by atoms with Crippen molar-refractivity contribution in [2.24, 2.45) is 10.7 Å². The molecule has 5 nitrogen and oxygen atoms in total. The quantitative estimate of drug-likeness (QED) is 0.271. The zero-order valence-electron chi connectivity index (χ0n) is 17.3. The lowest BCUT2D eigenvalue weighted by Crippen LogP contribution is -2.33. The largest absolute Gasteiger partial charge is 0.370 e. The topological polar surface area (TPSA) is 73.9 Å². The Morgan fingerprint density at radius 2 is 1.65 bits per heavy atom. The Balaban J connectivity index is 0.000000231. The van der Waals surface area contributed by atoms with Gasteiger partial charge in [-0.05, 0) is 140 Å². The fraction of sp³-hybridized carbons (Fsp3) is 0.364. The van der Waals surface area contributed by atoms with Crippen LogP contribution in [0, 0.1) is 14.3 Å². The highest BCUT2D eigenvalue weighted by atomic mass is 127. The lowest BCUT2D eigenvalue weighted by atomic mass is 10.00. The van der Waals surface area contributed by atoms with Gasteiger partial charge in [-0.3, -0.25) is 9.79 Å². The van der Waals surface area contributed by atoms with Gasteiger partial charge >= 0.3 is 0 Å². The molecule has 0 spiro atoms. The van der Waals surface area contributed by atoms with Crippen molar-refractivity contribution in [3.63, 3.8) is 0 Å². The van der Waals surface area contributed by atoms with Crippen molar-refractivity contribution in [3.05, 3.63) is 61.8 Å². The van der Waals surface area contributed by atoms with Gasteiger partial charge in [-0.25, -0.2) is 0 Å². The van der Waals surface area contributed by atoms with Crippen LogP contribution in [-0.4, -0.2) is 32.4 Å². The summed E-state index contributed by atoms with van der Waals surface area (Å²) in [7, 11) is 3.14. The highest BCUT2D eigenvalue weighted by Gasteiger charge is 2.34. The first kappa shape index (κ1) is 27.7. The van der Waals surface area contributed by atoms with Crippen molar-refractivity contribution >= 4 is 102 Å². The number of rotatable bonds is 7. The number of nitrogens with two attached hydrogens (primary N) is 1. The number of hydrogen-bond acceptors (Lipinski definition) is 4. The van der Waals surface area contributed by atoms with E-state index in [2.05, 4.69) is 114 Å². The zero-order valence-corrected chi connectivity index (χ0v) is 25.9. The third-order valence-electron chi connectivity index (χ3n) is 4.81. The van der Waals surface area contributed by atoms with E-state index in [1.165, 1.54) is 24.8 Å². The lowest BCUT2D eigenvalue weighted by Gasteiger charge is -2.32. The minimum absolute atomic E-state index is 0.212. The molecule has 3 rings (SSSR count). The number of ether oxygens (including phenoxy) is 2. The molecule has 2 aromatic rings. The molecule has 0 radical (unpaired) electrons. The van der Waals surface area contributed by atoms with E-state index in [-0.39, 0.29) is 12.3 Å². The third-order valence-corrected chi connectivity index (χ3v) is 8.04. The fourth-order valence-corrected chi connectivity index (χ4v) is 5.57. The monoisotopic (exact) mass is 872 g/mol. The summed E-state index contributed by atoms with van der Waals surface area (Å²) in [5.41, 5.74) is 8.75. The molecular weight excluding hydrogens is 848 g/mol. The molecule has 9 heteroatoms. The van der Waals surface area contributed by atoms with Gasteiger partial charge in [0.05, 0.1) is 0 Å². The second-order valence-electron chi connectivity index (χ2n) is 6.81. The molecule has 0 bridgehead atoms. The first-order chi connectivity index (χ1) is 14.7. The zero-order chi connectivity index (χ0) is 23.0. The summed E-state index contributed by atoms with van der Waals surface area (Å²) in [6.45, 7) is 1.01. The van der Waals surface area contributed by atoms with Gasteiger partial charge in [0.25, 0.3) is 0 Å². The van der Waals surface area contributed by atoms with E-state index in [0.29, 0.717) is 6.42 Å². The van der Waals surface area contributed by atoms with Gasteiger partial charge in [-0.1, -0.05) is 0 Å².